The van der Waals surface area contributed by atoms with E-state index in [-0.39, 0.29) is 5.75 Å². The predicted octanol–water partition coefficient (Wildman–Crippen LogP) is 7.47. The van der Waals surface area contributed by atoms with Crippen LogP contribution in [0.5, 0.6) is 5.75 Å². The van der Waals surface area contributed by atoms with E-state index in [0.29, 0.717) is 5.02 Å². The van der Waals surface area contributed by atoms with Gasteiger partial charge in [-0.25, -0.2) is 0 Å². The quantitative estimate of drug-likeness (QED) is 0.429. The fraction of sp³-hybridized carbons (Fsp3) is 0.700. The molecule has 0 atom stereocenters. The minimum absolute atomic E-state index is 0.245. The Morgan fingerprint density at radius 2 is 1.17 bits per heavy atom. The summed E-state index contributed by atoms with van der Waals surface area (Å²) in [6.07, 6.45) is 14.9. The van der Waals surface area contributed by atoms with Gasteiger partial charge in [0.15, 0.2) is 0 Å². The second kappa shape index (κ2) is 14.1. The lowest BCUT2D eigenvalue weighted by Gasteiger charge is -2.36. The van der Waals surface area contributed by atoms with E-state index in [2.05, 4.69) is 27.7 Å². The Labute approximate surface area is 150 Å². The van der Waals surface area contributed by atoms with Gasteiger partial charge in [-0.15, -0.1) is 7.26 Å². The molecule has 0 saturated heterocycles. The van der Waals surface area contributed by atoms with Crippen molar-refractivity contribution in [3.05, 3.63) is 29.3 Å². The molecule has 0 amide bonds. The minimum Gasteiger partial charge on any atom is -0.508 e. The molecule has 1 nitrogen and oxygen atoms in total. The Balaban J connectivity index is 0.000000502. The second-order valence-corrected chi connectivity index (χ2v) is 11.5. The molecule has 1 aromatic carbocycles. The average molecular weight is 360 g/mol. The van der Waals surface area contributed by atoms with E-state index in [1.165, 1.54) is 44.7 Å². The van der Waals surface area contributed by atoms with Crippen LogP contribution in [0.4, 0.5) is 0 Å². The molecular formula is C20H37ClOP. The number of benzene rings is 1. The molecule has 0 unspecified atom stereocenters. The first-order valence-corrected chi connectivity index (χ1v) is 12.2. The molecule has 0 fully saturated rings. The van der Waals surface area contributed by atoms with Crippen molar-refractivity contribution in [3.63, 3.8) is 0 Å². The minimum atomic E-state index is -0.527. The van der Waals surface area contributed by atoms with E-state index in [0.717, 1.165) is 0 Å². The Morgan fingerprint density at radius 3 is 1.43 bits per heavy atom. The molecule has 0 bridgehead atoms. The fourth-order valence-corrected chi connectivity index (χ4v) is 7.44. The van der Waals surface area contributed by atoms with Gasteiger partial charge in [0.05, 0.1) is 0 Å². The second-order valence-electron chi connectivity index (χ2n) is 6.37. The van der Waals surface area contributed by atoms with Gasteiger partial charge in [0.1, 0.15) is 5.75 Å². The van der Waals surface area contributed by atoms with Crippen molar-refractivity contribution in [2.24, 2.45) is 0 Å². The number of rotatable bonds is 10. The van der Waals surface area contributed by atoms with E-state index in [9.17, 15) is 0 Å². The Hall–Kier alpha value is -0.260. The largest absolute Gasteiger partial charge is 0.508 e. The smallest absolute Gasteiger partial charge is 0.115 e. The third kappa shape index (κ3) is 11.0. The normalized spacial score (nSPS) is 11.0. The third-order valence-electron chi connectivity index (χ3n) is 4.46. The zero-order valence-corrected chi connectivity index (χ0v) is 17.3. The summed E-state index contributed by atoms with van der Waals surface area (Å²) in [5, 5.41) is 9.34. The first kappa shape index (κ1) is 22.7. The summed E-state index contributed by atoms with van der Waals surface area (Å²) >= 11 is 5.50. The Kier molecular flexibility index (Phi) is 14.0. The van der Waals surface area contributed by atoms with E-state index in [1.807, 2.05) is 0 Å². The highest BCUT2D eigenvalue weighted by atomic mass is 35.5. The maximum Gasteiger partial charge on any atom is 0.115 e. The van der Waals surface area contributed by atoms with Crippen LogP contribution in [0.1, 0.15) is 66.2 Å². The molecule has 1 N–H and O–H groups in total. The van der Waals surface area contributed by atoms with Crippen LogP contribution in [0.3, 0.4) is 0 Å². The SMILES string of the molecule is CCCC[P](CC)(CCCC)CCCC.Oc1ccc(Cl)cc1. The Bertz CT molecular complexity index is 335. The standard InChI is InChI=1S/C14H32P.C6H5ClO/c1-5-9-12-15(8-4,13-10-6-2)14-11-7-3;7-5-1-3-6(8)4-2-5/h5-14H2,1-4H3;1-4,8H. The zero-order valence-electron chi connectivity index (χ0n) is 15.7. The third-order valence-corrected chi connectivity index (χ3v) is 9.84. The molecule has 0 aliphatic carbocycles. The lowest BCUT2D eigenvalue weighted by atomic mass is 10.3. The molecule has 0 heterocycles. The number of hydrogen-bond acceptors (Lipinski definition) is 1. The van der Waals surface area contributed by atoms with E-state index < -0.39 is 7.26 Å². The van der Waals surface area contributed by atoms with Crippen LogP contribution in [0.25, 0.3) is 0 Å². The van der Waals surface area contributed by atoms with Crippen molar-refractivity contribution in [2.45, 2.75) is 66.2 Å². The van der Waals surface area contributed by atoms with Crippen molar-refractivity contribution in [2.75, 3.05) is 24.6 Å². The van der Waals surface area contributed by atoms with Gasteiger partial charge in [0.25, 0.3) is 0 Å². The van der Waals surface area contributed by atoms with E-state index in [1.54, 1.807) is 42.8 Å². The van der Waals surface area contributed by atoms with Crippen molar-refractivity contribution in [1.82, 2.24) is 0 Å². The first-order valence-electron chi connectivity index (χ1n) is 9.33. The summed E-state index contributed by atoms with van der Waals surface area (Å²) in [6, 6.07) is 6.36. The molecule has 1 aromatic rings. The van der Waals surface area contributed by atoms with Gasteiger partial charge in [0.2, 0.25) is 0 Å². The lowest BCUT2D eigenvalue weighted by Crippen LogP contribution is -2.11. The number of halogens is 1. The molecule has 0 saturated carbocycles. The van der Waals surface area contributed by atoms with Gasteiger partial charge in [-0.05, 0) is 68.2 Å². The highest BCUT2D eigenvalue weighted by Crippen LogP contribution is 2.60. The van der Waals surface area contributed by atoms with Crippen LogP contribution >= 0.6 is 18.9 Å². The van der Waals surface area contributed by atoms with Crippen LogP contribution in [-0.2, 0) is 0 Å². The lowest BCUT2D eigenvalue weighted by molar-refractivity contribution is 0.475. The molecule has 0 aromatic heterocycles. The van der Waals surface area contributed by atoms with Gasteiger partial charge < -0.3 is 5.11 Å². The van der Waals surface area contributed by atoms with E-state index in [4.69, 9.17) is 16.7 Å². The monoisotopic (exact) mass is 359 g/mol. The van der Waals surface area contributed by atoms with Crippen LogP contribution < -0.4 is 0 Å². The number of phenolic OH excluding ortho intramolecular Hbond substituents is 1. The van der Waals surface area contributed by atoms with Crippen LogP contribution in [0.15, 0.2) is 24.3 Å². The molecule has 0 aliphatic rings. The van der Waals surface area contributed by atoms with Crippen molar-refractivity contribution in [3.8, 4) is 5.75 Å². The molecule has 1 radical (unpaired) electrons. The number of unbranched alkanes of at least 4 members (excludes halogenated alkanes) is 3. The summed E-state index contributed by atoms with van der Waals surface area (Å²) in [5.41, 5.74) is 0. The molecule has 3 heteroatoms. The number of aromatic hydroxyl groups is 1. The van der Waals surface area contributed by atoms with Crippen molar-refractivity contribution in [1.29, 1.82) is 0 Å². The van der Waals surface area contributed by atoms with Gasteiger partial charge in [0, 0.05) is 5.02 Å². The van der Waals surface area contributed by atoms with Gasteiger partial charge in [-0.2, -0.15) is 0 Å². The van der Waals surface area contributed by atoms with Crippen molar-refractivity contribution < 1.29 is 5.11 Å². The van der Waals surface area contributed by atoms with Crippen molar-refractivity contribution >= 4 is 18.9 Å². The first-order chi connectivity index (χ1) is 11.0. The molecule has 1 rings (SSSR count). The summed E-state index contributed by atoms with van der Waals surface area (Å²) in [5.74, 6) is 0.245. The molecule has 135 valence electrons. The highest BCUT2D eigenvalue weighted by molar-refractivity contribution is 7.75. The summed E-state index contributed by atoms with van der Waals surface area (Å²) in [4.78, 5) is 0. The molecule has 0 spiro atoms. The summed E-state index contributed by atoms with van der Waals surface area (Å²) in [7, 11) is -0.527. The van der Waals surface area contributed by atoms with Gasteiger partial charge in [-0.3, -0.25) is 0 Å². The molecule has 0 aliphatic heterocycles. The average Bonchev–Trinajstić information content (AvgIpc) is 2.58. The fourth-order valence-electron chi connectivity index (χ4n) is 2.73. The molecular weight excluding hydrogens is 323 g/mol. The van der Waals surface area contributed by atoms with E-state index >= 15 is 0 Å². The molecule has 23 heavy (non-hydrogen) atoms. The highest BCUT2D eigenvalue weighted by Gasteiger charge is 2.22. The predicted molar refractivity (Wildman–Crippen MR) is 110 cm³/mol. The van der Waals surface area contributed by atoms with Gasteiger partial charge >= 0.3 is 0 Å². The Morgan fingerprint density at radius 1 is 0.783 bits per heavy atom. The maximum atomic E-state index is 8.70. The van der Waals surface area contributed by atoms with Crippen LogP contribution in [-0.4, -0.2) is 29.8 Å². The summed E-state index contributed by atoms with van der Waals surface area (Å²) < 4.78 is 0. The topological polar surface area (TPSA) is 20.2 Å². The van der Waals surface area contributed by atoms with Crippen LogP contribution in [0.2, 0.25) is 5.02 Å². The van der Waals surface area contributed by atoms with Crippen LogP contribution in [0, 0.1) is 0 Å². The zero-order chi connectivity index (χ0) is 17.6. The number of hydrogen-bond donors (Lipinski definition) is 1. The van der Waals surface area contributed by atoms with Gasteiger partial charge in [-0.1, -0.05) is 58.6 Å². The number of phenols is 1. The summed E-state index contributed by atoms with van der Waals surface area (Å²) in [6.45, 7) is 9.46. The maximum absolute atomic E-state index is 8.70.